The molecule has 1 aliphatic heterocycles. The number of ether oxygens (including phenoxy) is 3. The van der Waals surface area contributed by atoms with Crippen molar-refractivity contribution in [1.29, 1.82) is 0 Å². The number of hydrogen-bond acceptors (Lipinski definition) is 7. The maximum atomic E-state index is 13.5. The first kappa shape index (κ1) is 28.5. The van der Waals surface area contributed by atoms with Crippen LogP contribution in [-0.2, 0) is 16.1 Å². The topological polar surface area (TPSA) is 106 Å². The fourth-order valence-corrected chi connectivity index (χ4v) is 4.79. The minimum absolute atomic E-state index is 0.0512. The van der Waals surface area contributed by atoms with E-state index in [0.717, 1.165) is 19.3 Å². The zero-order chi connectivity index (χ0) is 28.6. The number of unbranched alkanes of at least 4 members (excludes halogenated alkanes) is 2. The lowest BCUT2D eigenvalue weighted by atomic mass is 9.94. The summed E-state index contributed by atoms with van der Waals surface area (Å²) in [4.78, 5) is 28.3. The quantitative estimate of drug-likeness (QED) is 0.125. The number of rotatable bonds is 12. The molecule has 8 nitrogen and oxygen atoms in total. The van der Waals surface area contributed by atoms with Crippen LogP contribution in [-0.4, -0.2) is 47.1 Å². The first-order valence-electron chi connectivity index (χ1n) is 13.5. The molecule has 1 aliphatic rings. The number of aromatic hydroxyl groups is 1. The number of hydrogen-bond donors (Lipinski definition) is 2. The molecule has 1 saturated heterocycles. The van der Waals surface area contributed by atoms with E-state index in [9.17, 15) is 19.8 Å². The van der Waals surface area contributed by atoms with Gasteiger partial charge in [0.2, 0.25) is 0 Å². The number of ketones is 1. The molecule has 2 N–H and O–H groups in total. The van der Waals surface area contributed by atoms with E-state index in [1.807, 2.05) is 18.2 Å². The lowest BCUT2D eigenvalue weighted by Gasteiger charge is -2.26. The Labute approximate surface area is 234 Å². The van der Waals surface area contributed by atoms with Crippen molar-refractivity contribution in [3.05, 3.63) is 89.0 Å². The molecule has 0 spiro atoms. The highest BCUT2D eigenvalue weighted by molar-refractivity contribution is 6.46. The lowest BCUT2D eigenvalue weighted by Crippen LogP contribution is -2.29. The zero-order valence-corrected chi connectivity index (χ0v) is 23.1. The number of aliphatic hydroxyl groups is 1. The summed E-state index contributed by atoms with van der Waals surface area (Å²) < 4.78 is 16.8. The molecule has 0 aliphatic carbocycles. The second kappa shape index (κ2) is 13.1. The molecule has 1 atom stereocenters. The van der Waals surface area contributed by atoms with E-state index in [2.05, 4.69) is 6.92 Å². The van der Waals surface area contributed by atoms with Crippen molar-refractivity contribution in [3.8, 4) is 23.0 Å². The molecule has 0 bridgehead atoms. The summed E-state index contributed by atoms with van der Waals surface area (Å²) in [5.74, 6) is -0.481. The average molecular weight is 546 g/mol. The first-order chi connectivity index (χ1) is 19.4. The molecule has 40 heavy (non-hydrogen) atoms. The van der Waals surface area contributed by atoms with E-state index in [-0.39, 0.29) is 29.4 Å². The maximum Gasteiger partial charge on any atom is 0.295 e. The van der Waals surface area contributed by atoms with Crippen molar-refractivity contribution in [2.75, 3.05) is 20.3 Å². The zero-order valence-electron chi connectivity index (χ0n) is 23.1. The van der Waals surface area contributed by atoms with Crippen LogP contribution in [0.3, 0.4) is 0 Å². The molecule has 1 fully saturated rings. The van der Waals surface area contributed by atoms with E-state index < -0.39 is 17.7 Å². The molecule has 1 amide bonds. The van der Waals surface area contributed by atoms with Crippen LogP contribution in [0, 0.1) is 0 Å². The van der Waals surface area contributed by atoms with Crippen LogP contribution in [0.1, 0.15) is 55.8 Å². The van der Waals surface area contributed by atoms with Crippen molar-refractivity contribution < 1.29 is 34.0 Å². The van der Waals surface area contributed by atoms with Gasteiger partial charge in [-0.2, -0.15) is 0 Å². The molecule has 8 heteroatoms. The van der Waals surface area contributed by atoms with Crippen LogP contribution < -0.4 is 14.2 Å². The minimum Gasteiger partial charge on any atom is -0.507 e. The molecule has 0 radical (unpaired) electrons. The van der Waals surface area contributed by atoms with Gasteiger partial charge in [0.25, 0.3) is 11.7 Å². The number of methoxy groups -OCH3 is 1. The van der Waals surface area contributed by atoms with Gasteiger partial charge >= 0.3 is 0 Å². The second-order valence-corrected chi connectivity index (χ2v) is 9.48. The van der Waals surface area contributed by atoms with Gasteiger partial charge in [0.1, 0.15) is 17.3 Å². The van der Waals surface area contributed by atoms with Gasteiger partial charge < -0.3 is 29.3 Å². The van der Waals surface area contributed by atoms with E-state index in [4.69, 9.17) is 14.2 Å². The van der Waals surface area contributed by atoms with Gasteiger partial charge in [-0.05, 0) is 61.4 Å². The average Bonchev–Trinajstić information content (AvgIpc) is 3.22. The van der Waals surface area contributed by atoms with Gasteiger partial charge in [0.15, 0.2) is 11.5 Å². The highest BCUT2D eigenvalue weighted by Crippen LogP contribution is 2.43. The molecule has 210 valence electrons. The van der Waals surface area contributed by atoms with Crippen molar-refractivity contribution in [2.45, 2.75) is 45.7 Å². The number of para-hydroxylation sites is 1. The number of carbonyl (C=O) groups excluding carboxylic acids is 2. The molecule has 1 unspecified atom stereocenters. The molecule has 3 aromatic carbocycles. The smallest absolute Gasteiger partial charge is 0.295 e. The Morgan fingerprint density at radius 3 is 2.38 bits per heavy atom. The summed E-state index contributed by atoms with van der Waals surface area (Å²) in [6.45, 7) is 4.88. The van der Waals surface area contributed by atoms with Crippen LogP contribution >= 0.6 is 0 Å². The van der Waals surface area contributed by atoms with Crippen LogP contribution in [0.5, 0.6) is 23.0 Å². The van der Waals surface area contributed by atoms with Gasteiger partial charge in [-0.3, -0.25) is 9.59 Å². The molecule has 1 heterocycles. The second-order valence-electron chi connectivity index (χ2n) is 9.48. The number of amides is 1. The van der Waals surface area contributed by atoms with Crippen molar-refractivity contribution in [1.82, 2.24) is 4.90 Å². The van der Waals surface area contributed by atoms with Crippen LogP contribution in [0.4, 0.5) is 0 Å². The van der Waals surface area contributed by atoms with Crippen LogP contribution in [0.25, 0.3) is 5.76 Å². The van der Waals surface area contributed by atoms with Crippen molar-refractivity contribution in [2.24, 2.45) is 0 Å². The summed E-state index contributed by atoms with van der Waals surface area (Å²) in [5, 5.41) is 21.7. The largest absolute Gasteiger partial charge is 0.507 e. The Hall–Kier alpha value is -4.46. The standard InChI is InChI=1S/C32H35NO7/c1-4-6-9-18-40-24-15-12-21(13-16-24)30(35)28-29(22-14-17-25(34)27(19-22)39-5-2)33(32(37)31(28)36)20-23-10-7-8-11-26(23)38-3/h7-8,10-17,19,29,34-35H,4-6,9,18,20H2,1-3H3/b30-28-. The number of benzene rings is 3. The number of phenols is 1. The number of phenolic OH excluding ortho intramolecular Hbond substituents is 1. The number of aliphatic hydroxyl groups excluding tert-OH is 1. The van der Waals surface area contributed by atoms with Gasteiger partial charge in [-0.25, -0.2) is 0 Å². The van der Waals surface area contributed by atoms with E-state index in [1.165, 1.54) is 18.1 Å². The Balaban J connectivity index is 1.77. The Bertz CT molecular complexity index is 1380. The summed E-state index contributed by atoms with van der Waals surface area (Å²) in [6.07, 6.45) is 3.12. The fourth-order valence-electron chi connectivity index (χ4n) is 4.79. The van der Waals surface area contributed by atoms with Gasteiger partial charge in [-0.1, -0.05) is 44.0 Å². The molecule has 4 rings (SSSR count). The fraction of sp³-hybridized carbons (Fsp3) is 0.312. The summed E-state index contributed by atoms with van der Waals surface area (Å²) in [7, 11) is 1.54. The molecular weight excluding hydrogens is 510 g/mol. The Morgan fingerprint density at radius 1 is 0.925 bits per heavy atom. The van der Waals surface area contributed by atoms with E-state index in [1.54, 1.807) is 49.4 Å². The van der Waals surface area contributed by atoms with Crippen LogP contribution in [0.2, 0.25) is 0 Å². The van der Waals surface area contributed by atoms with E-state index in [0.29, 0.717) is 41.4 Å². The molecule has 3 aromatic rings. The SMILES string of the molecule is CCCCCOc1ccc(/C(O)=C2/C(=O)C(=O)N(Cc3ccccc3OC)C2c2ccc(O)c(OCC)c2)cc1. The Morgan fingerprint density at radius 2 is 1.68 bits per heavy atom. The van der Waals surface area contributed by atoms with Gasteiger partial charge in [-0.15, -0.1) is 0 Å². The minimum atomic E-state index is -0.935. The summed E-state index contributed by atoms with van der Waals surface area (Å²) >= 11 is 0. The lowest BCUT2D eigenvalue weighted by molar-refractivity contribution is -0.140. The summed E-state index contributed by atoms with van der Waals surface area (Å²) in [6, 6.07) is 17.7. The maximum absolute atomic E-state index is 13.5. The number of Topliss-reactive ketones (excluding diaryl/α,β-unsaturated/α-hetero) is 1. The number of nitrogens with zero attached hydrogens (tertiary/aromatic N) is 1. The highest BCUT2D eigenvalue weighted by atomic mass is 16.5. The predicted octanol–water partition coefficient (Wildman–Crippen LogP) is 5.99. The summed E-state index contributed by atoms with van der Waals surface area (Å²) in [5.41, 5.74) is 1.53. The van der Waals surface area contributed by atoms with Gasteiger partial charge in [0.05, 0.1) is 38.5 Å². The highest BCUT2D eigenvalue weighted by Gasteiger charge is 2.46. The first-order valence-corrected chi connectivity index (χ1v) is 13.5. The normalized spacial score (nSPS) is 16.3. The number of carbonyl (C=O) groups is 2. The third kappa shape index (κ3) is 6.06. The number of likely N-dealkylation sites (tertiary alicyclic amines) is 1. The molecule has 0 saturated carbocycles. The Kier molecular flexibility index (Phi) is 9.32. The third-order valence-electron chi connectivity index (χ3n) is 6.82. The predicted molar refractivity (Wildman–Crippen MR) is 152 cm³/mol. The molecular formula is C32H35NO7. The third-order valence-corrected chi connectivity index (χ3v) is 6.82. The van der Waals surface area contributed by atoms with Gasteiger partial charge in [0, 0.05) is 11.1 Å². The molecule has 0 aromatic heterocycles. The van der Waals surface area contributed by atoms with E-state index >= 15 is 0 Å². The van der Waals surface area contributed by atoms with Crippen molar-refractivity contribution >= 4 is 17.4 Å². The monoisotopic (exact) mass is 545 g/mol. The van der Waals surface area contributed by atoms with Crippen LogP contribution in [0.15, 0.2) is 72.3 Å². The van der Waals surface area contributed by atoms with Crippen molar-refractivity contribution in [3.63, 3.8) is 0 Å².